The highest BCUT2D eigenvalue weighted by Crippen LogP contribution is 2.19. The minimum atomic E-state index is -0.667. The van der Waals surface area contributed by atoms with Crippen LogP contribution in [0.4, 0.5) is 5.69 Å². The fourth-order valence-corrected chi connectivity index (χ4v) is 2.99. The van der Waals surface area contributed by atoms with Crippen molar-refractivity contribution in [3.63, 3.8) is 0 Å². The van der Waals surface area contributed by atoms with Gasteiger partial charge < -0.3 is 5.32 Å². The van der Waals surface area contributed by atoms with Crippen molar-refractivity contribution in [1.82, 2.24) is 9.78 Å². The highest BCUT2D eigenvalue weighted by atomic mass is 127. The zero-order chi connectivity index (χ0) is 18.0. The number of carbonyl (C=O) groups excluding carboxylic acids is 2. The van der Waals surface area contributed by atoms with Crippen LogP contribution < -0.4 is 5.32 Å². The predicted molar refractivity (Wildman–Crippen MR) is 105 cm³/mol. The van der Waals surface area contributed by atoms with Gasteiger partial charge in [0.1, 0.15) is 0 Å². The minimum absolute atomic E-state index is 0.340. The lowest BCUT2D eigenvalue weighted by Gasteiger charge is -2.06. The van der Waals surface area contributed by atoms with Gasteiger partial charge in [-0.05, 0) is 72.8 Å². The summed E-state index contributed by atoms with van der Waals surface area (Å²) < 4.78 is 2.73. The van der Waals surface area contributed by atoms with E-state index in [1.54, 1.807) is 30.7 Å². The van der Waals surface area contributed by atoms with E-state index < -0.39 is 11.7 Å². The largest absolute Gasteiger partial charge is 0.319 e. The molecule has 0 saturated carbocycles. The second kappa shape index (κ2) is 7.18. The molecule has 0 aliphatic heterocycles. The van der Waals surface area contributed by atoms with Crippen LogP contribution in [0.25, 0.3) is 5.69 Å². The molecule has 0 aliphatic rings. The van der Waals surface area contributed by atoms with Crippen LogP contribution >= 0.6 is 22.6 Å². The zero-order valence-corrected chi connectivity index (χ0v) is 15.9. The van der Waals surface area contributed by atoms with E-state index in [4.69, 9.17) is 0 Å². The highest BCUT2D eigenvalue weighted by Gasteiger charge is 2.25. The predicted octanol–water partition coefficient (Wildman–Crippen LogP) is 3.92. The Morgan fingerprint density at radius 1 is 1.00 bits per heavy atom. The van der Waals surface area contributed by atoms with Gasteiger partial charge >= 0.3 is 0 Å². The third kappa shape index (κ3) is 3.63. The zero-order valence-electron chi connectivity index (χ0n) is 13.8. The maximum atomic E-state index is 12.6. The SMILES string of the molecule is Cc1nn(-c2ccccc2)c(C)c1C(=O)C(=O)Nc1ccc(I)cc1. The van der Waals surface area contributed by atoms with Gasteiger partial charge in [-0.3, -0.25) is 9.59 Å². The van der Waals surface area contributed by atoms with E-state index in [0.29, 0.717) is 22.6 Å². The van der Waals surface area contributed by atoms with Crippen LogP contribution in [0.5, 0.6) is 0 Å². The average Bonchev–Trinajstić information content (AvgIpc) is 2.91. The lowest BCUT2D eigenvalue weighted by molar-refractivity contribution is -0.112. The third-order valence-electron chi connectivity index (χ3n) is 3.83. The van der Waals surface area contributed by atoms with Crippen LogP contribution in [0.15, 0.2) is 54.6 Å². The summed E-state index contributed by atoms with van der Waals surface area (Å²) in [6.45, 7) is 3.52. The molecule has 0 spiro atoms. The summed E-state index contributed by atoms with van der Waals surface area (Å²) in [5, 5.41) is 7.06. The summed E-state index contributed by atoms with van der Waals surface area (Å²) in [5.74, 6) is -1.25. The van der Waals surface area contributed by atoms with Gasteiger partial charge in [0.2, 0.25) is 0 Å². The Kier molecular flexibility index (Phi) is 4.98. The number of amides is 1. The monoisotopic (exact) mass is 445 g/mol. The molecule has 1 aromatic heterocycles. The van der Waals surface area contributed by atoms with Crippen molar-refractivity contribution in [3.8, 4) is 5.69 Å². The summed E-state index contributed by atoms with van der Waals surface area (Å²) in [6, 6.07) is 16.8. The summed E-state index contributed by atoms with van der Waals surface area (Å²) in [4.78, 5) is 25.0. The number of hydrogen-bond donors (Lipinski definition) is 1. The lowest BCUT2D eigenvalue weighted by Crippen LogP contribution is -2.24. The summed E-state index contributed by atoms with van der Waals surface area (Å²) >= 11 is 2.18. The average molecular weight is 445 g/mol. The number of rotatable bonds is 4. The molecule has 1 N–H and O–H groups in total. The Hall–Kier alpha value is -2.48. The van der Waals surface area contributed by atoms with Crippen LogP contribution in [0.3, 0.4) is 0 Å². The van der Waals surface area contributed by atoms with Crippen LogP contribution in [0.1, 0.15) is 21.7 Å². The number of hydrogen-bond acceptors (Lipinski definition) is 3. The second-order valence-corrected chi connectivity index (χ2v) is 6.83. The van der Waals surface area contributed by atoms with Gasteiger partial charge in [-0.25, -0.2) is 4.68 Å². The molecule has 0 saturated heterocycles. The first-order valence-corrected chi connectivity index (χ1v) is 8.78. The van der Waals surface area contributed by atoms with Crippen LogP contribution in [-0.4, -0.2) is 21.5 Å². The number of carbonyl (C=O) groups is 2. The van der Waals surface area contributed by atoms with E-state index in [2.05, 4.69) is 33.0 Å². The number of nitrogens with zero attached hydrogens (tertiary/aromatic N) is 2. The summed E-state index contributed by atoms with van der Waals surface area (Å²) in [5.41, 5.74) is 2.95. The van der Waals surface area contributed by atoms with Gasteiger partial charge in [0.15, 0.2) is 0 Å². The van der Waals surface area contributed by atoms with E-state index in [1.165, 1.54) is 0 Å². The highest BCUT2D eigenvalue weighted by molar-refractivity contribution is 14.1. The molecule has 0 atom stereocenters. The Bertz CT molecular complexity index is 931. The molecule has 25 heavy (non-hydrogen) atoms. The molecule has 6 heteroatoms. The molecular weight excluding hydrogens is 429 g/mol. The van der Waals surface area contributed by atoms with E-state index >= 15 is 0 Å². The van der Waals surface area contributed by atoms with Crippen molar-refractivity contribution < 1.29 is 9.59 Å². The first-order valence-electron chi connectivity index (χ1n) is 7.70. The molecular formula is C19H16IN3O2. The Labute approximate surface area is 159 Å². The number of benzene rings is 2. The van der Waals surface area contributed by atoms with Gasteiger partial charge in [-0.1, -0.05) is 18.2 Å². The molecule has 3 aromatic rings. The molecule has 1 heterocycles. The molecule has 0 bridgehead atoms. The van der Waals surface area contributed by atoms with Crippen LogP contribution in [-0.2, 0) is 4.79 Å². The molecule has 0 aliphatic carbocycles. The maximum absolute atomic E-state index is 12.6. The summed E-state index contributed by atoms with van der Waals surface area (Å²) in [7, 11) is 0. The van der Waals surface area contributed by atoms with Crippen molar-refractivity contribution in [1.29, 1.82) is 0 Å². The van der Waals surface area contributed by atoms with E-state index in [0.717, 1.165) is 9.26 Å². The topological polar surface area (TPSA) is 64.0 Å². The smallest absolute Gasteiger partial charge is 0.296 e. The van der Waals surface area contributed by atoms with Crippen LogP contribution in [0, 0.1) is 17.4 Å². The Morgan fingerprint density at radius 2 is 1.64 bits per heavy atom. The van der Waals surface area contributed by atoms with Crippen molar-refractivity contribution in [2.24, 2.45) is 0 Å². The minimum Gasteiger partial charge on any atom is -0.319 e. The van der Waals surface area contributed by atoms with Crippen molar-refractivity contribution in [2.75, 3.05) is 5.32 Å². The van der Waals surface area contributed by atoms with E-state index in [1.807, 2.05) is 42.5 Å². The third-order valence-corrected chi connectivity index (χ3v) is 4.55. The maximum Gasteiger partial charge on any atom is 0.296 e. The number of Topliss-reactive ketones (excluding diaryl/α,β-unsaturated/α-hetero) is 1. The molecule has 0 radical (unpaired) electrons. The first kappa shape index (κ1) is 17.3. The Balaban J connectivity index is 1.88. The van der Waals surface area contributed by atoms with Crippen molar-refractivity contribution in [2.45, 2.75) is 13.8 Å². The number of aryl methyl sites for hydroxylation is 1. The molecule has 3 rings (SSSR count). The molecule has 126 valence electrons. The number of ketones is 1. The second-order valence-electron chi connectivity index (χ2n) is 5.58. The van der Waals surface area contributed by atoms with E-state index in [9.17, 15) is 9.59 Å². The van der Waals surface area contributed by atoms with E-state index in [-0.39, 0.29) is 0 Å². The quantitative estimate of drug-likeness (QED) is 0.376. The van der Waals surface area contributed by atoms with Gasteiger partial charge in [0.05, 0.1) is 22.6 Å². The van der Waals surface area contributed by atoms with Crippen molar-refractivity contribution >= 4 is 40.0 Å². The van der Waals surface area contributed by atoms with Crippen LogP contribution in [0.2, 0.25) is 0 Å². The normalized spacial score (nSPS) is 10.5. The number of halogens is 1. The number of para-hydroxylation sites is 1. The fourth-order valence-electron chi connectivity index (χ4n) is 2.63. The Morgan fingerprint density at radius 3 is 2.28 bits per heavy atom. The molecule has 2 aromatic carbocycles. The van der Waals surface area contributed by atoms with Gasteiger partial charge in [-0.2, -0.15) is 5.10 Å². The lowest BCUT2D eigenvalue weighted by atomic mass is 10.1. The number of aromatic nitrogens is 2. The van der Waals surface area contributed by atoms with Gasteiger partial charge in [0, 0.05) is 9.26 Å². The molecule has 5 nitrogen and oxygen atoms in total. The van der Waals surface area contributed by atoms with Crippen molar-refractivity contribution in [3.05, 3.63) is 75.1 Å². The van der Waals surface area contributed by atoms with Gasteiger partial charge in [-0.15, -0.1) is 0 Å². The standard InChI is InChI=1S/C19H16IN3O2/c1-12-17(13(2)23(22-12)16-6-4-3-5-7-16)18(24)19(25)21-15-10-8-14(20)9-11-15/h3-11H,1-2H3,(H,21,25). The summed E-state index contributed by atoms with van der Waals surface area (Å²) in [6.07, 6.45) is 0. The first-order chi connectivity index (χ1) is 12.0. The molecule has 0 unspecified atom stereocenters. The number of anilines is 1. The number of nitrogens with one attached hydrogen (secondary N) is 1. The van der Waals surface area contributed by atoms with Gasteiger partial charge in [0.25, 0.3) is 11.7 Å². The molecule has 0 fully saturated rings. The fraction of sp³-hybridized carbons (Fsp3) is 0.105. The molecule has 1 amide bonds.